The second-order valence-corrected chi connectivity index (χ2v) is 2.28. The average molecular weight is 169 g/mol. The van der Waals surface area contributed by atoms with Crippen molar-refractivity contribution < 1.29 is 9.15 Å². The highest BCUT2D eigenvalue weighted by Gasteiger charge is 1.97. The monoisotopic (exact) mass is 169 g/mol. The van der Waals surface area contributed by atoms with E-state index in [1.54, 1.807) is 0 Å². The van der Waals surface area contributed by atoms with Gasteiger partial charge in [-0.3, -0.25) is 4.79 Å². The van der Waals surface area contributed by atoms with E-state index in [-0.39, 0.29) is 11.2 Å². The fourth-order valence-electron chi connectivity index (χ4n) is 0.713. The van der Waals surface area contributed by atoms with Gasteiger partial charge in [0.05, 0.1) is 12.9 Å². The van der Waals surface area contributed by atoms with Crippen molar-refractivity contribution in [3.63, 3.8) is 0 Å². The van der Waals surface area contributed by atoms with Crippen LogP contribution in [0.1, 0.15) is 6.42 Å². The standard InChI is InChI=1S/C8H11NO3/c9-3-1-4-12-8-6-11-5-2-7(8)10/h2,5-6H,1,3-4,9H2. The summed E-state index contributed by atoms with van der Waals surface area (Å²) < 4.78 is 9.85. The summed E-state index contributed by atoms with van der Waals surface area (Å²) in [6.07, 6.45) is 3.34. The minimum Gasteiger partial charge on any atom is -0.487 e. The molecule has 4 heteroatoms. The molecule has 1 rings (SSSR count). The topological polar surface area (TPSA) is 65.5 Å². The van der Waals surface area contributed by atoms with Crippen molar-refractivity contribution in [1.82, 2.24) is 0 Å². The SMILES string of the molecule is NCCCOc1coccc1=O. The molecule has 12 heavy (non-hydrogen) atoms. The van der Waals surface area contributed by atoms with Gasteiger partial charge in [-0.1, -0.05) is 0 Å². The molecule has 0 fully saturated rings. The molecule has 0 saturated heterocycles. The number of hydrogen-bond acceptors (Lipinski definition) is 4. The van der Waals surface area contributed by atoms with Gasteiger partial charge in [0.25, 0.3) is 0 Å². The lowest BCUT2D eigenvalue weighted by atomic mass is 10.4. The molecular weight excluding hydrogens is 158 g/mol. The molecule has 0 amide bonds. The zero-order valence-corrected chi connectivity index (χ0v) is 6.66. The second-order valence-electron chi connectivity index (χ2n) is 2.28. The van der Waals surface area contributed by atoms with Gasteiger partial charge in [-0.25, -0.2) is 0 Å². The molecule has 2 N–H and O–H groups in total. The number of nitrogens with two attached hydrogens (primary N) is 1. The number of hydrogen-bond donors (Lipinski definition) is 1. The van der Waals surface area contributed by atoms with Crippen LogP contribution in [0, 0.1) is 0 Å². The summed E-state index contributed by atoms with van der Waals surface area (Å²) in [5.41, 5.74) is 5.08. The third kappa shape index (κ3) is 2.39. The van der Waals surface area contributed by atoms with Gasteiger partial charge >= 0.3 is 0 Å². The molecule has 0 atom stereocenters. The molecule has 1 aromatic rings. The quantitative estimate of drug-likeness (QED) is 0.661. The van der Waals surface area contributed by atoms with E-state index in [1.165, 1.54) is 18.6 Å². The van der Waals surface area contributed by atoms with Crippen LogP contribution in [0.3, 0.4) is 0 Å². The van der Waals surface area contributed by atoms with Crippen molar-refractivity contribution in [1.29, 1.82) is 0 Å². The summed E-state index contributed by atoms with van der Waals surface area (Å²) in [5.74, 6) is 0.242. The van der Waals surface area contributed by atoms with Crippen molar-refractivity contribution in [3.05, 3.63) is 28.8 Å². The average Bonchev–Trinajstić information content (AvgIpc) is 2.09. The van der Waals surface area contributed by atoms with Crippen molar-refractivity contribution in [2.75, 3.05) is 13.2 Å². The van der Waals surface area contributed by atoms with Gasteiger partial charge in [0.2, 0.25) is 11.2 Å². The zero-order valence-electron chi connectivity index (χ0n) is 6.66. The molecule has 0 aliphatic rings. The van der Waals surface area contributed by atoms with E-state index in [0.29, 0.717) is 13.2 Å². The number of ether oxygens (including phenoxy) is 1. The molecular formula is C8H11NO3. The Morgan fingerprint density at radius 3 is 3.08 bits per heavy atom. The van der Waals surface area contributed by atoms with Crippen LogP contribution in [0.15, 0.2) is 27.8 Å². The van der Waals surface area contributed by atoms with Gasteiger partial charge in [-0.15, -0.1) is 0 Å². The minimum atomic E-state index is -0.168. The maximum absolute atomic E-state index is 11.0. The highest BCUT2D eigenvalue weighted by molar-refractivity contribution is 5.13. The van der Waals surface area contributed by atoms with Crippen molar-refractivity contribution >= 4 is 0 Å². The Balaban J connectivity index is 2.52. The Labute approximate surface area is 69.9 Å². The maximum atomic E-state index is 11.0. The summed E-state index contributed by atoms with van der Waals surface area (Å²) >= 11 is 0. The fraction of sp³-hybridized carbons (Fsp3) is 0.375. The molecule has 0 spiro atoms. The van der Waals surface area contributed by atoms with E-state index >= 15 is 0 Å². The lowest BCUT2D eigenvalue weighted by molar-refractivity contribution is 0.299. The van der Waals surface area contributed by atoms with Crippen LogP contribution in [0.25, 0.3) is 0 Å². The molecule has 0 aliphatic carbocycles. The first kappa shape index (κ1) is 8.80. The van der Waals surface area contributed by atoms with E-state index < -0.39 is 0 Å². The minimum absolute atomic E-state index is 0.168. The molecule has 0 radical (unpaired) electrons. The Bertz CT molecular complexity index is 282. The molecule has 66 valence electrons. The van der Waals surface area contributed by atoms with E-state index in [2.05, 4.69) is 0 Å². The van der Waals surface area contributed by atoms with Gasteiger partial charge in [-0.2, -0.15) is 0 Å². The first-order valence-electron chi connectivity index (χ1n) is 3.74. The molecule has 0 aromatic carbocycles. The van der Waals surface area contributed by atoms with Gasteiger partial charge in [-0.05, 0) is 13.0 Å². The van der Waals surface area contributed by atoms with Crippen molar-refractivity contribution in [3.8, 4) is 5.75 Å². The largest absolute Gasteiger partial charge is 0.487 e. The fourth-order valence-corrected chi connectivity index (χ4v) is 0.713. The molecule has 0 saturated carbocycles. The first-order chi connectivity index (χ1) is 5.84. The first-order valence-corrected chi connectivity index (χ1v) is 3.74. The summed E-state index contributed by atoms with van der Waals surface area (Å²) in [7, 11) is 0. The van der Waals surface area contributed by atoms with Crippen LogP contribution in [-0.4, -0.2) is 13.2 Å². The molecule has 0 bridgehead atoms. The predicted octanol–water partition coefficient (Wildman–Crippen LogP) is 0.367. The maximum Gasteiger partial charge on any atom is 0.226 e. The molecule has 1 heterocycles. The molecule has 1 aromatic heterocycles. The molecule has 0 unspecified atom stereocenters. The van der Waals surface area contributed by atoms with E-state index in [0.717, 1.165) is 6.42 Å². The van der Waals surface area contributed by atoms with Crippen LogP contribution >= 0.6 is 0 Å². The third-order valence-corrected chi connectivity index (χ3v) is 1.32. The third-order valence-electron chi connectivity index (χ3n) is 1.32. The summed E-state index contributed by atoms with van der Waals surface area (Å²) in [6.45, 7) is 1.00. The highest BCUT2D eigenvalue weighted by atomic mass is 16.5. The molecule has 0 aliphatic heterocycles. The van der Waals surface area contributed by atoms with Crippen LogP contribution in [-0.2, 0) is 0 Å². The smallest absolute Gasteiger partial charge is 0.226 e. The normalized spacial score (nSPS) is 9.75. The number of rotatable bonds is 4. The van der Waals surface area contributed by atoms with Crippen LogP contribution in [0.5, 0.6) is 5.75 Å². The van der Waals surface area contributed by atoms with E-state index in [1.807, 2.05) is 0 Å². The Morgan fingerprint density at radius 1 is 1.58 bits per heavy atom. The summed E-state index contributed by atoms with van der Waals surface area (Å²) in [5, 5.41) is 0. The highest BCUT2D eigenvalue weighted by Crippen LogP contribution is 2.00. The van der Waals surface area contributed by atoms with E-state index in [9.17, 15) is 4.79 Å². The van der Waals surface area contributed by atoms with Crippen LogP contribution in [0.4, 0.5) is 0 Å². The Morgan fingerprint density at radius 2 is 2.42 bits per heavy atom. The van der Waals surface area contributed by atoms with Crippen molar-refractivity contribution in [2.24, 2.45) is 5.73 Å². The lowest BCUT2D eigenvalue weighted by Gasteiger charge is -2.01. The van der Waals surface area contributed by atoms with Gasteiger partial charge in [0.15, 0.2) is 0 Å². The predicted molar refractivity (Wildman–Crippen MR) is 44.1 cm³/mol. The van der Waals surface area contributed by atoms with Crippen molar-refractivity contribution in [2.45, 2.75) is 6.42 Å². The van der Waals surface area contributed by atoms with Gasteiger partial charge < -0.3 is 14.9 Å². The van der Waals surface area contributed by atoms with Gasteiger partial charge in [0, 0.05) is 6.07 Å². The van der Waals surface area contributed by atoms with E-state index in [4.69, 9.17) is 14.9 Å². The van der Waals surface area contributed by atoms with Gasteiger partial charge in [0.1, 0.15) is 6.26 Å². The van der Waals surface area contributed by atoms with Crippen LogP contribution < -0.4 is 15.9 Å². The molecule has 4 nitrogen and oxygen atoms in total. The Kier molecular flexibility index (Phi) is 3.35. The lowest BCUT2D eigenvalue weighted by Crippen LogP contribution is -2.10. The van der Waals surface area contributed by atoms with Crippen LogP contribution in [0.2, 0.25) is 0 Å². The Hall–Kier alpha value is -1.29. The summed E-state index contributed by atoms with van der Waals surface area (Å²) in [4.78, 5) is 11.0. The zero-order chi connectivity index (χ0) is 8.81. The summed E-state index contributed by atoms with van der Waals surface area (Å²) in [6, 6.07) is 1.32. The second kappa shape index (κ2) is 4.56.